The monoisotopic (exact) mass is 340 g/mol. The van der Waals surface area contributed by atoms with Crippen molar-refractivity contribution in [2.75, 3.05) is 25.1 Å². The summed E-state index contributed by atoms with van der Waals surface area (Å²) in [7, 11) is 0. The van der Waals surface area contributed by atoms with Gasteiger partial charge in [0.25, 0.3) is 0 Å². The van der Waals surface area contributed by atoms with Gasteiger partial charge in [-0.1, -0.05) is 22.9 Å². The van der Waals surface area contributed by atoms with Crippen LogP contribution in [0.1, 0.15) is 18.9 Å². The highest BCUT2D eigenvalue weighted by molar-refractivity contribution is 9.10. The lowest BCUT2D eigenvalue weighted by Gasteiger charge is -2.18. The van der Waals surface area contributed by atoms with Gasteiger partial charge in [-0.2, -0.15) is 0 Å². The van der Waals surface area contributed by atoms with Crippen molar-refractivity contribution in [3.05, 3.63) is 28.2 Å². The molecule has 1 saturated heterocycles. The molecule has 1 heterocycles. The molecule has 0 bridgehead atoms. The molecular formula is C15H21BrN2O2. The highest BCUT2D eigenvalue weighted by atomic mass is 79.9. The van der Waals surface area contributed by atoms with Crippen LogP contribution in [0, 0.1) is 12.8 Å². The zero-order valence-corrected chi connectivity index (χ0v) is 13.5. The number of rotatable bonds is 5. The maximum atomic E-state index is 12.4. The Hall–Kier alpha value is -0.910. The second-order valence-corrected chi connectivity index (χ2v) is 6.13. The molecule has 1 aromatic carbocycles. The van der Waals surface area contributed by atoms with E-state index in [1.807, 2.05) is 25.1 Å². The second-order valence-electron chi connectivity index (χ2n) is 5.21. The van der Waals surface area contributed by atoms with Crippen molar-refractivity contribution in [2.45, 2.75) is 26.3 Å². The van der Waals surface area contributed by atoms with E-state index in [0.29, 0.717) is 13.2 Å². The van der Waals surface area contributed by atoms with Crippen molar-refractivity contribution in [3.63, 3.8) is 0 Å². The molecule has 0 radical (unpaired) electrons. The van der Waals surface area contributed by atoms with Crippen molar-refractivity contribution < 1.29 is 9.53 Å². The lowest BCUT2D eigenvalue weighted by molar-refractivity contribution is -0.120. The maximum Gasteiger partial charge on any atom is 0.231 e. The number of amides is 1. The molecule has 0 aromatic heterocycles. The predicted molar refractivity (Wildman–Crippen MR) is 83.9 cm³/mol. The molecule has 1 aliphatic rings. The third-order valence-electron chi connectivity index (χ3n) is 3.38. The molecule has 5 heteroatoms. The minimum atomic E-state index is -0.124. The quantitative estimate of drug-likeness (QED) is 0.866. The minimum Gasteiger partial charge on any atom is -0.379 e. The Morgan fingerprint density at radius 3 is 2.90 bits per heavy atom. The van der Waals surface area contributed by atoms with Crippen LogP contribution in [0.25, 0.3) is 0 Å². The fourth-order valence-electron chi connectivity index (χ4n) is 2.39. The molecule has 1 fully saturated rings. The summed E-state index contributed by atoms with van der Waals surface area (Å²) in [6.07, 6.45) is 1.05. The highest BCUT2D eigenvalue weighted by Gasteiger charge is 2.33. The van der Waals surface area contributed by atoms with Crippen LogP contribution in [0.5, 0.6) is 0 Å². The zero-order valence-electron chi connectivity index (χ0n) is 11.9. The number of carbonyl (C=O) groups is 1. The highest BCUT2D eigenvalue weighted by Crippen LogP contribution is 2.21. The van der Waals surface area contributed by atoms with E-state index in [4.69, 9.17) is 4.74 Å². The van der Waals surface area contributed by atoms with E-state index >= 15 is 0 Å². The summed E-state index contributed by atoms with van der Waals surface area (Å²) < 4.78 is 6.41. The number of anilines is 1. The molecule has 2 N–H and O–H groups in total. The Balaban J connectivity index is 1.99. The van der Waals surface area contributed by atoms with E-state index in [9.17, 15) is 4.79 Å². The van der Waals surface area contributed by atoms with Gasteiger partial charge in [0.1, 0.15) is 0 Å². The van der Waals surface area contributed by atoms with Gasteiger partial charge in [0.2, 0.25) is 5.91 Å². The molecule has 0 saturated carbocycles. The molecular weight excluding hydrogens is 320 g/mol. The molecule has 110 valence electrons. The second kappa shape index (κ2) is 7.20. The summed E-state index contributed by atoms with van der Waals surface area (Å²) in [5.74, 6) is -0.102. The van der Waals surface area contributed by atoms with Crippen LogP contribution in [-0.4, -0.2) is 31.7 Å². The minimum absolute atomic E-state index is 0.0219. The number of aryl methyl sites for hydroxylation is 1. The number of hydrogen-bond donors (Lipinski definition) is 2. The summed E-state index contributed by atoms with van der Waals surface area (Å²) in [5, 5.41) is 6.36. The number of hydrogen-bond acceptors (Lipinski definition) is 3. The molecule has 1 aromatic rings. The first kappa shape index (κ1) is 15.5. The number of benzene rings is 1. The molecule has 2 atom stereocenters. The molecule has 1 amide bonds. The Labute approximate surface area is 128 Å². The van der Waals surface area contributed by atoms with Crippen LogP contribution in [0.4, 0.5) is 5.69 Å². The normalized spacial score (nSPS) is 21.9. The van der Waals surface area contributed by atoms with E-state index in [-0.39, 0.29) is 17.9 Å². The Morgan fingerprint density at radius 1 is 1.40 bits per heavy atom. The predicted octanol–water partition coefficient (Wildman–Crippen LogP) is 2.71. The Morgan fingerprint density at radius 2 is 2.20 bits per heavy atom. The molecule has 4 nitrogen and oxygen atoms in total. The summed E-state index contributed by atoms with van der Waals surface area (Å²) >= 11 is 3.44. The lowest BCUT2D eigenvalue weighted by Crippen LogP contribution is -2.41. The van der Waals surface area contributed by atoms with Gasteiger partial charge in [-0.3, -0.25) is 4.79 Å². The van der Waals surface area contributed by atoms with Gasteiger partial charge in [0.05, 0.1) is 19.1 Å². The average molecular weight is 341 g/mol. The smallest absolute Gasteiger partial charge is 0.231 e. The SMILES string of the molecule is CCCNC1COCC1C(=O)Nc1cc(C)cc(Br)c1. The van der Waals surface area contributed by atoms with Gasteiger partial charge < -0.3 is 15.4 Å². The van der Waals surface area contributed by atoms with Gasteiger partial charge in [0.15, 0.2) is 0 Å². The fourth-order valence-corrected chi connectivity index (χ4v) is 2.99. The van der Waals surface area contributed by atoms with E-state index < -0.39 is 0 Å². The van der Waals surface area contributed by atoms with Crippen LogP contribution in [0.3, 0.4) is 0 Å². The van der Waals surface area contributed by atoms with Crippen molar-refractivity contribution in [3.8, 4) is 0 Å². The van der Waals surface area contributed by atoms with E-state index in [2.05, 4.69) is 33.5 Å². The molecule has 0 spiro atoms. The van der Waals surface area contributed by atoms with Crippen LogP contribution < -0.4 is 10.6 Å². The van der Waals surface area contributed by atoms with Gasteiger partial charge in [0, 0.05) is 16.2 Å². The summed E-state index contributed by atoms with van der Waals surface area (Å²) in [4.78, 5) is 12.4. The fraction of sp³-hybridized carbons (Fsp3) is 0.533. The summed E-state index contributed by atoms with van der Waals surface area (Å²) in [6.45, 7) is 6.12. The molecule has 1 aliphatic heterocycles. The van der Waals surface area contributed by atoms with Gasteiger partial charge in [-0.05, 0) is 43.7 Å². The molecule has 2 unspecified atom stereocenters. The van der Waals surface area contributed by atoms with Crippen molar-refractivity contribution in [2.24, 2.45) is 5.92 Å². The lowest BCUT2D eigenvalue weighted by atomic mass is 10.0. The molecule has 0 aliphatic carbocycles. The topological polar surface area (TPSA) is 50.4 Å². The third kappa shape index (κ3) is 4.04. The Bertz CT molecular complexity index is 459. The van der Waals surface area contributed by atoms with E-state index in [1.165, 1.54) is 0 Å². The first-order valence-corrected chi connectivity index (χ1v) is 7.78. The molecule has 20 heavy (non-hydrogen) atoms. The summed E-state index contributed by atoms with van der Waals surface area (Å²) in [6, 6.07) is 6.01. The maximum absolute atomic E-state index is 12.4. The zero-order chi connectivity index (χ0) is 14.5. The van der Waals surface area contributed by atoms with E-state index in [0.717, 1.165) is 28.7 Å². The van der Waals surface area contributed by atoms with Crippen LogP contribution in [0.15, 0.2) is 22.7 Å². The first-order chi connectivity index (χ1) is 9.60. The van der Waals surface area contributed by atoms with Gasteiger partial charge in [-0.25, -0.2) is 0 Å². The van der Waals surface area contributed by atoms with E-state index in [1.54, 1.807) is 0 Å². The number of nitrogens with one attached hydrogen (secondary N) is 2. The van der Waals surface area contributed by atoms with Crippen LogP contribution in [0.2, 0.25) is 0 Å². The van der Waals surface area contributed by atoms with Crippen molar-refractivity contribution in [1.29, 1.82) is 0 Å². The largest absolute Gasteiger partial charge is 0.379 e. The number of halogens is 1. The van der Waals surface area contributed by atoms with Crippen LogP contribution >= 0.6 is 15.9 Å². The Kier molecular flexibility index (Phi) is 5.57. The average Bonchev–Trinajstić information content (AvgIpc) is 2.83. The standard InChI is InChI=1S/C15H21BrN2O2/c1-3-4-17-14-9-20-8-13(14)15(19)18-12-6-10(2)5-11(16)7-12/h5-7,13-14,17H,3-4,8-9H2,1-2H3,(H,18,19). The van der Waals surface area contributed by atoms with Crippen molar-refractivity contribution in [1.82, 2.24) is 5.32 Å². The number of ether oxygens (including phenoxy) is 1. The van der Waals surface area contributed by atoms with Crippen LogP contribution in [-0.2, 0) is 9.53 Å². The first-order valence-electron chi connectivity index (χ1n) is 6.99. The van der Waals surface area contributed by atoms with Gasteiger partial charge in [-0.15, -0.1) is 0 Å². The molecule has 2 rings (SSSR count). The third-order valence-corrected chi connectivity index (χ3v) is 3.84. The number of carbonyl (C=O) groups excluding carboxylic acids is 1. The van der Waals surface area contributed by atoms with Crippen molar-refractivity contribution >= 4 is 27.5 Å². The summed E-state index contributed by atoms with van der Waals surface area (Å²) in [5.41, 5.74) is 1.93. The van der Waals surface area contributed by atoms with Gasteiger partial charge >= 0.3 is 0 Å².